The molecule has 160 valence electrons. The molecule has 0 spiro atoms. The molecule has 0 N–H and O–H groups in total. The van der Waals surface area contributed by atoms with Crippen LogP contribution in [0, 0.1) is 18.6 Å². The van der Waals surface area contributed by atoms with E-state index in [9.17, 15) is 13.6 Å². The van der Waals surface area contributed by atoms with Gasteiger partial charge in [0.1, 0.15) is 23.9 Å². The van der Waals surface area contributed by atoms with E-state index in [1.807, 2.05) is 14.1 Å². The van der Waals surface area contributed by atoms with Gasteiger partial charge in [-0.1, -0.05) is 6.07 Å². The van der Waals surface area contributed by atoms with Crippen molar-refractivity contribution in [3.8, 4) is 5.75 Å². The van der Waals surface area contributed by atoms with Gasteiger partial charge in [0.25, 0.3) is 0 Å². The van der Waals surface area contributed by atoms with E-state index in [-0.39, 0.29) is 23.5 Å². The number of pyridine rings is 1. The maximum Gasteiger partial charge on any atom is 0.181 e. The van der Waals surface area contributed by atoms with Gasteiger partial charge in [0.15, 0.2) is 17.2 Å². The lowest BCUT2D eigenvalue weighted by Gasteiger charge is -2.32. The van der Waals surface area contributed by atoms with Crippen LogP contribution in [0.2, 0.25) is 0 Å². The molecule has 0 saturated carbocycles. The van der Waals surface area contributed by atoms with Gasteiger partial charge in [0.2, 0.25) is 0 Å². The van der Waals surface area contributed by atoms with Crippen molar-refractivity contribution in [1.82, 2.24) is 14.3 Å². The molecule has 0 aliphatic rings. The lowest BCUT2D eigenvalue weighted by atomic mass is 9.94. The number of hydrogen-bond donors (Lipinski definition) is 0. The predicted octanol–water partition coefficient (Wildman–Crippen LogP) is 4.80. The van der Waals surface area contributed by atoms with E-state index in [2.05, 4.69) is 23.7 Å². The van der Waals surface area contributed by atoms with Crippen molar-refractivity contribution >= 4 is 11.4 Å². The Labute approximate surface area is 175 Å². The Balaban J connectivity index is 1.86. The van der Waals surface area contributed by atoms with Crippen LogP contribution in [0.15, 0.2) is 36.5 Å². The van der Waals surface area contributed by atoms with Gasteiger partial charge >= 0.3 is 0 Å². The van der Waals surface area contributed by atoms with Gasteiger partial charge in [-0.25, -0.2) is 13.8 Å². The number of carbonyl (C=O) groups excluding carboxylic acids is 1. The Morgan fingerprint density at radius 3 is 2.47 bits per heavy atom. The van der Waals surface area contributed by atoms with Crippen LogP contribution in [0.4, 0.5) is 8.78 Å². The van der Waals surface area contributed by atoms with Crippen molar-refractivity contribution in [3.05, 3.63) is 65.1 Å². The molecular formula is C23H27F2N3O2. The highest BCUT2D eigenvalue weighted by Crippen LogP contribution is 2.26. The summed E-state index contributed by atoms with van der Waals surface area (Å²) in [5.41, 5.74) is 1.28. The fourth-order valence-electron chi connectivity index (χ4n) is 3.19. The van der Waals surface area contributed by atoms with Gasteiger partial charge < -0.3 is 9.64 Å². The van der Waals surface area contributed by atoms with Crippen molar-refractivity contribution in [3.63, 3.8) is 0 Å². The number of rotatable bonds is 8. The largest absolute Gasteiger partial charge is 0.485 e. The van der Waals surface area contributed by atoms with E-state index >= 15 is 0 Å². The third-order valence-electron chi connectivity index (χ3n) is 5.66. The van der Waals surface area contributed by atoms with Gasteiger partial charge in [0.05, 0.1) is 11.3 Å². The van der Waals surface area contributed by atoms with Gasteiger partial charge in [-0.05, 0) is 65.6 Å². The molecule has 3 aromatic rings. The summed E-state index contributed by atoms with van der Waals surface area (Å²) in [6, 6.07) is 7.08. The smallest absolute Gasteiger partial charge is 0.181 e. The normalized spacial score (nSPS) is 12.0. The maximum atomic E-state index is 13.9. The number of halogens is 2. The second-order valence-electron chi connectivity index (χ2n) is 8.23. The molecule has 3 rings (SSSR count). The molecule has 0 unspecified atom stereocenters. The second-order valence-corrected chi connectivity index (χ2v) is 8.23. The van der Waals surface area contributed by atoms with E-state index in [1.54, 1.807) is 29.7 Å². The zero-order chi connectivity index (χ0) is 22.1. The summed E-state index contributed by atoms with van der Waals surface area (Å²) in [6.07, 6.45) is 2.83. The van der Waals surface area contributed by atoms with Crippen molar-refractivity contribution in [1.29, 1.82) is 0 Å². The van der Waals surface area contributed by atoms with Crippen LogP contribution in [-0.2, 0) is 6.61 Å². The minimum atomic E-state index is -0.666. The van der Waals surface area contributed by atoms with Crippen molar-refractivity contribution in [2.45, 2.75) is 45.8 Å². The first kappa shape index (κ1) is 21.9. The minimum Gasteiger partial charge on any atom is -0.485 e. The van der Waals surface area contributed by atoms with Crippen LogP contribution in [0.1, 0.15) is 48.4 Å². The Hall–Kier alpha value is -2.80. The molecule has 5 nitrogen and oxygen atoms in total. The van der Waals surface area contributed by atoms with Crippen LogP contribution in [-0.4, -0.2) is 39.7 Å². The number of carbonyl (C=O) groups is 1. The fraction of sp³-hybridized carbons (Fsp3) is 0.391. The number of aryl methyl sites for hydroxylation is 1. The van der Waals surface area contributed by atoms with E-state index < -0.39 is 11.6 Å². The third kappa shape index (κ3) is 4.36. The molecule has 0 saturated heterocycles. The first-order valence-electron chi connectivity index (χ1n) is 9.86. The minimum absolute atomic E-state index is 0.00720. The molecule has 0 aliphatic carbocycles. The summed E-state index contributed by atoms with van der Waals surface area (Å²) in [6.45, 7) is 5.69. The zero-order valence-corrected chi connectivity index (χ0v) is 18.0. The Kier molecular flexibility index (Phi) is 6.22. The molecular weight excluding hydrogens is 388 g/mol. The van der Waals surface area contributed by atoms with Crippen LogP contribution in [0.5, 0.6) is 5.75 Å². The lowest BCUT2D eigenvalue weighted by molar-refractivity contribution is 0.0938. The SMILES string of the molecule is Cc1nc2c(OCc3c(F)cccc3F)cccn2c1C(=O)CCC(C)(C)N(C)C. The Bertz CT molecular complexity index is 1050. The van der Waals surface area contributed by atoms with E-state index in [4.69, 9.17) is 4.74 Å². The summed E-state index contributed by atoms with van der Waals surface area (Å²) in [5, 5.41) is 0. The number of benzene rings is 1. The summed E-state index contributed by atoms with van der Waals surface area (Å²) >= 11 is 0. The van der Waals surface area contributed by atoms with Crippen molar-refractivity contribution in [2.75, 3.05) is 14.1 Å². The standard InChI is InChI=1S/C23H27F2N3O2/c1-15-21(19(29)11-12-23(2,3)27(4)5)28-13-7-10-20(22(28)26-15)30-14-16-17(24)8-6-9-18(16)25/h6-10,13H,11-12,14H2,1-5H3. The number of Topliss-reactive ketones (excluding diaryl/α,β-unsaturated/α-hetero) is 1. The predicted molar refractivity (Wildman–Crippen MR) is 112 cm³/mol. The average molecular weight is 415 g/mol. The summed E-state index contributed by atoms with van der Waals surface area (Å²) in [4.78, 5) is 19.6. The van der Waals surface area contributed by atoms with Gasteiger partial charge in [0, 0.05) is 18.2 Å². The first-order chi connectivity index (χ1) is 14.1. The summed E-state index contributed by atoms with van der Waals surface area (Å²) in [5.74, 6) is -0.982. The number of hydrogen-bond acceptors (Lipinski definition) is 4. The van der Waals surface area contributed by atoms with Crippen molar-refractivity contribution in [2.24, 2.45) is 0 Å². The monoisotopic (exact) mass is 415 g/mol. The van der Waals surface area contributed by atoms with Crippen molar-refractivity contribution < 1.29 is 18.3 Å². The van der Waals surface area contributed by atoms with Crippen LogP contribution in [0.25, 0.3) is 5.65 Å². The highest BCUT2D eigenvalue weighted by Gasteiger charge is 2.24. The number of ether oxygens (including phenoxy) is 1. The molecule has 0 fully saturated rings. The van der Waals surface area contributed by atoms with Gasteiger partial charge in [-0.3, -0.25) is 9.20 Å². The Morgan fingerprint density at radius 2 is 1.83 bits per heavy atom. The molecule has 30 heavy (non-hydrogen) atoms. The van der Waals surface area contributed by atoms with Crippen LogP contribution in [0.3, 0.4) is 0 Å². The van der Waals surface area contributed by atoms with E-state index in [0.717, 1.165) is 0 Å². The van der Waals surface area contributed by atoms with E-state index in [0.29, 0.717) is 35.6 Å². The molecule has 0 aliphatic heterocycles. The first-order valence-corrected chi connectivity index (χ1v) is 9.86. The molecule has 2 aromatic heterocycles. The number of ketones is 1. The molecule has 0 amide bonds. The summed E-state index contributed by atoms with van der Waals surface area (Å²) < 4.78 is 35.1. The molecule has 0 atom stereocenters. The quantitative estimate of drug-likeness (QED) is 0.496. The average Bonchev–Trinajstić information content (AvgIpc) is 3.02. The topological polar surface area (TPSA) is 46.8 Å². The van der Waals surface area contributed by atoms with Crippen LogP contribution >= 0.6 is 0 Å². The molecule has 0 bridgehead atoms. The highest BCUT2D eigenvalue weighted by molar-refractivity contribution is 5.96. The second kappa shape index (κ2) is 8.52. The molecule has 2 heterocycles. The number of imidazole rings is 1. The molecule has 1 aromatic carbocycles. The Morgan fingerprint density at radius 1 is 1.17 bits per heavy atom. The van der Waals surface area contributed by atoms with Gasteiger partial charge in [-0.2, -0.15) is 0 Å². The van der Waals surface area contributed by atoms with E-state index in [1.165, 1.54) is 18.2 Å². The maximum absolute atomic E-state index is 13.9. The zero-order valence-electron chi connectivity index (χ0n) is 18.0. The number of fused-ring (bicyclic) bond motifs is 1. The van der Waals surface area contributed by atoms with Crippen LogP contribution < -0.4 is 4.74 Å². The lowest BCUT2D eigenvalue weighted by Crippen LogP contribution is -2.38. The number of nitrogens with zero attached hydrogens (tertiary/aromatic N) is 3. The molecule has 7 heteroatoms. The number of aromatic nitrogens is 2. The fourth-order valence-corrected chi connectivity index (χ4v) is 3.19. The molecule has 0 radical (unpaired) electrons. The third-order valence-corrected chi connectivity index (χ3v) is 5.66. The summed E-state index contributed by atoms with van der Waals surface area (Å²) in [7, 11) is 3.98. The highest BCUT2D eigenvalue weighted by atomic mass is 19.1. The van der Waals surface area contributed by atoms with Gasteiger partial charge in [-0.15, -0.1) is 0 Å².